The highest BCUT2D eigenvalue weighted by atomic mass is 79.9. The van der Waals surface area contributed by atoms with Crippen molar-refractivity contribution in [2.75, 3.05) is 14.2 Å². The summed E-state index contributed by atoms with van der Waals surface area (Å²) in [6.07, 6.45) is 1.54. The van der Waals surface area contributed by atoms with E-state index in [2.05, 4.69) is 20.7 Å². The lowest BCUT2D eigenvalue weighted by Crippen LogP contribution is -2.42. The third kappa shape index (κ3) is 5.66. The molecule has 11 heteroatoms. The highest BCUT2D eigenvalue weighted by Crippen LogP contribution is 2.39. The second kappa shape index (κ2) is 10.8. The number of hydrogen-bond acceptors (Lipinski definition) is 7. The summed E-state index contributed by atoms with van der Waals surface area (Å²) in [6.45, 7) is 1.62. The molecule has 1 atom stereocenters. The first kappa shape index (κ1) is 25.4. The van der Waals surface area contributed by atoms with Crippen LogP contribution in [0.1, 0.15) is 18.1 Å². The smallest absolute Gasteiger partial charge is 0.328 e. The number of carbonyl (C=O) groups is 3. The number of amides is 2. The Morgan fingerprint density at radius 1 is 1.18 bits per heavy atom. The average molecular weight is 575 g/mol. The zero-order valence-electron chi connectivity index (χ0n) is 17.7. The minimum atomic E-state index is -1.03. The van der Waals surface area contributed by atoms with Crippen LogP contribution in [0.2, 0.25) is 10.0 Å². The molecule has 0 N–H and O–H groups in total. The van der Waals surface area contributed by atoms with Crippen molar-refractivity contribution in [2.45, 2.75) is 19.6 Å². The number of halogens is 3. The molecule has 1 aliphatic rings. The highest BCUT2D eigenvalue weighted by Gasteiger charge is 2.41. The SMILES string of the molecule is COC(=O)[C@H](C)N1C(=O)S/C(=C/c2cc(OC)c(OCc3ccc(Cl)cc3Cl)cc2Br)C1=O. The lowest BCUT2D eigenvalue weighted by atomic mass is 10.1. The van der Waals surface area contributed by atoms with Crippen LogP contribution < -0.4 is 9.47 Å². The van der Waals surface area contributed by atoms with Gasteiger partial charge in [0.05, 0.1) is 19.1 Å². The lowest BCUT2D eigenvalue weighted by Gasteiger charge is -2.18. The molecule has 0 radical (unpaired) electrons. The van der Waals surface area contributed by atoms with E-state index < -0.39 is 23.2 Å². The normalized spacial score (nSPS) is 15.7. The van der Waals surface area contributed by atoms with Crippen molar-refractivity contribution in [3.05, 3.63) is 60.9 Å². The number of thioether (sulfide) groups is 1. The second-order valence-corrected chi connectivity index (χ2v) is 9.49. The molecule has 1 aliphatic heterocycles. The van der Waals surface area contributed by atoms with Crippen LogP contribution in [0.4, 0.5) is 4.79 Å². The topological polar surface area (TPSA) is 82.1 Å². The molecule has 1 heterocycles. The van der Waals surface area contributed by atoms with Crippen molar-refractivity contribution in [3.63, 3.8) is 0 Å². The van der Waals surface area contributed by atoms with Crippen LogP contribution in [0.15, 0.2) is 39.7 Å². The van der Waals surface area contributed by atoms with E-state index in [1.165, 1.54) is 21.1 Å². The van der Waals surface area contributed by atoms with Crippen molar-refractivity contribution in [1.82, 2.24) is 4.90 Å². The standard InChI is InChI=1S/C22H18BrCl2NO6S/c1-11(21(28)31-3)26-20(27)19(33-22(26)29)7-13-6-17(30-2)18(9-15(13)23)32-10-12-4-5-14(24)8-16(12)25/h4-9,11H,10H2,1-3H3/b19-7+/t11-/m0/s1. The average Bonchev–Trinajstić information content (AvgIpc) is 3.06. The van der Waals surface area contributed by atoms with E-state index in [9.17, 15) is 14.4 Å². The van der Waals surface area contributed by atoms with E-state index >= 15 is 0 Å². The third-order valence-corrected chi connectivity index (χ3v) is 6.88. The van der Waals surface area contributed by atoms with Crippen LogP contribution >= 0.6 is 50.9 Å². The predicted molar refractivity (Wildman–Crippen MR) is 131 cm³/mol. The number of ether oxygens (including phenoxy) is 3. The molecule has 2 aromatic carbocycles. The van der Waals surface area contributed by atoms with Gasteiger partial charge >= 0.3 is 5.97 Å². The summed E-state index contributed by atoms with van der Waals surface area (Å²) < 4.78 is 16.6. The van der Waals surface area contributed by atoms with Crippen LogP contribution in [0.3, 0.4) is 0 Å². The van der Waals surface area contributed by atoms with Gasteiger partial charge in [-0.2, -0.15) is 0 Å². The van der Waals surface area contributed by atoms with Crippen molar-refractivity contribution >= 4 is 74.1 Å². The van der Waals surface area contributed by atoms with Gasteiger partial charge in [0.15, 0.2) is 11.5 Å². The Balaban J connectivity index is 1.85. The van der Waals surface area contributed by atoms with E-state index in [0.29, 0.717) is 31.6 Å². The van der Waals surface area contributed by atoms with E-state index in [0.717, 1.165) is 22.2 Å². The number of benzene rings is 2. The largest absolute Gasteiger partial charge is 0.493 e. The fraction of sp³-hybridized carbons (Fsp3) is 0.227. The maximum atomic E-state index is 12.7. The predicted octanol–water partition coefficient (Wildman–Crippen LogP) is 5.94. The molecule has 0 saturated carbocycles. The van der Waals surface area contributed by atoms with Crippen molar-refractivity contribution < 1.29 is 28.6 Å². The van der Waals surface area contributed by atoms with E-state index in [1.54, 1.807) is 36.4 Å². The van der Waals surface area contributed by atoms with Gasteiger partial charge in [0, 0.05) is 20.1 Å². The van der Waals surface area contributed by atoms with Crippen LogP contribution in [0.5, 0.6) is 11.5 Å². The summed E-state index contributed by atoms with van der Waals surface area (Å²) in [4.78, 5) is 37.9. The summed E-state index contributed by atoms with van der Waals surface area (Å²) in [5.74, 6) is -0.396. The Hall–Kier alpha value is -2.20. The minimum absolute atomic E-state index is 0.167. The van der Waals surface area contributed by atoms with Crippen LogP contribution in [-0.2, 0) is 20.9 Å². The van der Waals surface area contributed by atoms with Gasteiger partial charge in [-0.1, -0.05) is 45.2 Å². The first-order chi connectivity index (χ1) is 15.7. The monoisotopic (exact) mass is 573 g/mol. The van der Waals surface area contributed by atoms with Crippen molar-refractivity contribution in [1.29, 1.82) is 0 Å². The van der Waals surface area contributed by atoms with Gasteiger partial charge in [0.1, 0.15) is 12.6 Å². The molecular formula is C22H18BrCl2NO6S. The van der Waals surface area contributed by atoms with Gasteiger partial charge in [-0.3, -0.25) is 14.5 Å². The van der Waals surface area contributed by atoms with Gasteiger partial charge in [-0.05, 0) is 54.6 Å². The third-order valence-electron chi connectivity index (χ3n) is 4.72. The Labute approximate surface area is 213 Å². The first-order valence-corrected chi connectivity index (χ1v) is 11.8. The maximum absolute atomic E-state index is 12.7. The van der Waals surface area contributed by atoms with Gasteiger partial charge in [-0.15, -0.1) is 0 Å². The molecule has 1 saturated heterocycles. The molecule has 7 nitrogen and oxygen atoms in total. The van der Waals surface area contributed by atoms with Gasteiger partial charge in [0.2, 0.25) is 0 Å². The minimum Gasteiger partial charge on any atom is -0.493 e. The van der Waals surface area contributed by atoms with Gasteiger partial charge in [0.25, 0.3) is 11.1 Å². The molecule has 0 aromatic heterocycles. The molecule has 0 aliphatic carbocycles. The van der Waals surface area contributed by atoms with Gasteiger partial charge < -0.3 is 14.2 Å². The van der Waals surface area contributed by atoms with Crippen LogP contribution in [-0.4, -0.2) is 42.3 Å². The molecule has 174 valence electrons. The molecule has 0 bridgehead atoms. The quantitative estimate of drug-likeness (QED) is 0.299. The summed E-state index contributed by atoms with van der Waals surface area (Å²) >= 11 is 16.3. The van der Waals surface area contributed by atoms with E-state index in [-0.39, 0.29) is 11.5 Å². The fourth-order valence-corrected chi connectivity index (χ4v) is 4.76. The molecule has 1 fully saturated rings. The molecule has 33 heavy (non-hydrogen) atoms. The molecule has 2 aromatic rings. The Morgan fingerprint density at radius 2 is 1.91 bits per heavy atom. The number of rotatable bonds is 7. The lowest BCUT2D eigenvalue weighted by molar-refractivity contribution is -0.148. The first-order valence-electron chi connectivity index (χ1n) is 9.45. The van der Waals surface area contributed by atoms with E-state index in [1.807, 2.05) is 0 Å². The molecule has 2 amide bonds. The second-order valence-electron chi connectivity index (χ2n) is 6.80. The van der Waals surface area contributed by atoms with Gasteiger partial charge in [-0.25, -0.2) is 4.79 Å². The Bertz CT molecular complexity index is 1160. The summed E-state index contributed by atoms with van der Waals surface area (Å²) in [5.41, 5.74) is 1.33. The van der Waals surface area contributed by atoms with Crippen molar-refractivity contribution in [2.24, 2.45) is 0 Å². The summed E-state index contributed by atoms with van der Waals surface area (Å²) in [5, 5.41) is 0.458. The van der Waals surface area contributed by atoms with Crippen LogP contribution in [0, 0.1) is 0 Å². The Kier molecular flexibility index (Phi) is 8.33. The van der Waals surface area contributed by atoms with Crippen molar-refractivity contribution in [3.8, 4) is 11.5 Å². The summed E-state index contributed by atoms with van der Waals surface area (Å²) in [7, 11) is 2.68. The zero-order valence-corrected chi connectivity index (χ0v) is 21.6. The fourth-order valence-electron chi connectivity index (χ4n) is 2.96. The molecule has 3 rings (SSSR count). The highest BCUT2D eigenvalue weighted by molar-refractivity contribution is 9.10. The molecule has 0 unspecified atom stereocenters. The number of esters is 1. The number of imide groups is 1. The number of nitrogens with zero attached hydrogens (tertiary/aromatic N) is 1. The van der Waals surface area contributed by atoms with E-state index in [4.69, 9.17) is 32.7 Å². The number of methoxy groups -OCH3 is 2. The number of hydrogen-bond donors (Lipinski definition) is 0. The maximum Gasteiger partial charge on any atom is 0.328 e. The number of carbonyl (C=O) groups excluding carboxylic acids is 3. The van der Waals surface area contributed by atoms with Crippen LogP contribution in [0.25, 0.3) is 6.08 Å². The zero-order chi connectivity index (χ0) is 24.3. The molecule has 0 spiro atoms. The Morgan fingerprint density at radius 3 is 2.55 bits per heavy atom. The summed E-state index contributed by atoms with van der Waals surface area (Å²) in [6, 6.07) is 7.45. The molecular weight excluding hydrogens is 557 g/mol.